The number of hydrogen-bond acceptors (Lipinski definition) is 4. The number of rotatable bonds is 5. The lowest BCUT2D eigenvalue weighted by Crippen LogP contribution is -2.23. The summed E-state index contributed by atoms with van der Waals surface area (Å²) in [5, 5.41) is 2.86. The van der Waals surface area contributed by atoms with E-state index in [-0.39, 0.29) is 10.8 Å². The van der Waals surface area contributed by atoms with Gasteiger partial charge in [-0.25, -0.2) is 12.7 Å². The Labute approximate surface area is 167 Å². The second kappa shape index (κ2) is 8.75. The summed E-state index contributed by atoms with van der Waals surface area (Å²) in [4.78, 5) is 15.0. The van der Waals surface area contributed by atoms with Gasteiger partial charge in [-0.05, 0) is 61.4 Å². The molecule has 0 radical (unpaired) electrons. The van der Waals surface area contributed by atoms with Gasteiger partial charge in [-0.15, -0.1) is 0 Å². The monoisotopic (exact) mass is 401 g/mol. The van der Waals surface area contributed by atoms with Gasteiger partial charge in [-0.1, -0.05) is 12.8 Å². The molecule has 2 aromatic rings. The number of carbonyl (C=O) groups is 1. The summed E-state index contributed by atoms with van der Waals surface area (Å²) in [7, 11) is -0.545. The van der Waals surface area contributed by atoms with Crippen molar-refractivity contribution in [1.82, 2.24) is 4.31 Å². The molecule has 7 heteroatoms. The largest absolute Gasteiger partial charge is 0.372 e. The summed E-state index contributed by atoms with van der Waals surface area (Å²) in [5.41, 5.74) is 2.31. The van der Waals surface area contributed by atoms with Crippen molar-refractivity contribution < 1.29 is 13.2 Å². The highest BCUT2D eigenvalue weighted by molar-refractivity contribution is 7.89. The summed E-state index contributed by atoms with van der Waals surface area (Å²) >= 11 is 0. The predicted molar refractivity (Wildman–Crippen MR) is 112 cm³/mol. The van der Waals surface area contributed by atoms with E-state index < -0.39 is 10.0 Å². The van der Waals surface area contributed by atoms with Gasteiger partial charge < -0.3 is 10.2 Å². The van der Waals surface area contributed by atoms with E-state index in [0.717, 1.165) is 17.4 Å². The molecule has 1 saturated heterocycles. The van der Waals surface area contributed by atoms with Crippen LogP contribution in [0.4, 0.5) is 11.4 Å². The maximum Gasteiger partial charge on any atom is 0.255 e. The van der Waals surface area contributed by atoms with Crippen LogP contribution >= 0.6 is 0 Å². The predicted octanol–water partition coefficient (Wildman–Crippen LogP) is 3.57. The number of sulfonamides is 1. The highest BCUT2D eigenvalue weighted by Crippen LogP contribution is 2.22. The van der Waals surface area contributed by atoms with E-state index in [9.17, 15) is 13.2 Å². The van der Waals surface area contributed by atoms with E-state index in [4.69, 9.17) is 0 Å². The van der Waals surface area contributed by atoms with Crippen LogP contribution in [0, 0.1) is 0 Å². The third-order valence-electron chi connectivity index (χ3n) is 4.99. The molecule has 0 aliphatic carbocycles. The van der Waals surface area contributed by atoms with Gasteiger partial charge in [0.2, 0.25) is 10.0 Å². The van der Waals surface area contributed by atoms with Crippen LogP contribution in [-0.2, 0) is 10.0 Å². The third kappa shape index (κ3) is 4.72. The molecule has 3 rings (SSSR count). The average molecular weight is 402 g/mol. The molecule has 1 aliphatic heterocycles. The van der Waals surface area contributed by atoms with Crippen LogP contribution in [0.1, 0.15) is 36.0 Å². The van der Waals surface area contributed by atoms with E-state index in [1.165, 1.54) is 69.7 Å². The smallest absolute Gasteiger partial charge is 0.255 e. The van der Waals surface area contributed by atoms with Crippen molar-refractivity contribution in [2.75, 3.05) is 37.4 Å². The standard InChI is InChI=1S/C21H27N3O3S/c1-23(2)28(26,27)20-13-7-17(8-14-20)21(25)22-18-9-11-19(12-10-18)24-15-5-3-4-6-16-24/h7-14H,3-6,15-16H2,1-2H3,(H,22,25). The molecule has 2 aromatic carbocycles. The zero-order valence-corrected chi connectivity index (χ0v) is 17.2. The second-order valence-electron chi connectivity index (χ2n) is 7.21. The molecule has 1 amide bonds. The molecular formula is C21H27N3O3S. The zero-order valence-electron chi connectivity index (χ0n) is 16.4. The Morgan fingerprint density at radius 2 is 1.46 bits per heavy atom. The van der Waals surface area contributed by atoms with Gasteiger partial charge in [0.15, 0.2) is 0 Å². The van der Waals surface area contributed by atoms with Gasteiger partial charge in [-0.2, -0.15) is 0 Å². The fourth-order valence-electron chi connectivity index (χ4n) is 3.28. The summed E-state index contributed by atoms with van der Waals surface area (Å²) in [6.45, 7) is 2.15. The summed E-state index contributed by atoms with van der Waals surface area (Å²) in [5.74, 6) is -0.267. The normalized spacial score (nSPS) is 15.3. The molecule has 1 heterocycles. The van der Waals surface area contributed by atoms with Crippen LogP contribution in [-0.4, -0.2) is 45.8 Å². The molecule has 6 nitrogen and oxygen atoms in total. The molecule has 1 aliphatic rings. The molecule has 0 saturated carbocycles. The minimum atomic E-state index is -3.50. The van der Waals surface area contributed by atoms with Gasteiger partial charge in [-0.3, -0.25) is 4.79 Å². The van der Waals surface area contributed by atoms with Crippen molar-refractivity contribution in [2.24, 2.45) is 0 Å². The van der Waals surface area contributed by atoms with Crippen LogP contribution in [0.25, 0.3) is 0 Å². The first kappa shape index (κ1) is 20.4. The fourth-order valence-corrected chi connectivity index (χ4v) is 4.18. The van der Waals surface area contributed by atoms with Gasteiger partial charge in [0.25, 0.3) is 5.91 Å². The van der Waals surface area contributed by atoms with Gasteiger partial charge in [0.1, 0.15) is 0 Å². The van der Waals surface area contributed by atoms with Crippen LogP contribution in [0.5, 0.6) is 0 Å². The van der Waals surface area contributed by atoms with Crippen molar-refractivity contribution in [1.29, 1.82) is 0 Å². The molecule has 0 spiro atoms. The first-order chi connectivity index (χ1) is 13.4. The van der Waals surface area contributed by atoms with Crippen LogP contribution in [0.2, 0.25) is 0 Å². The molecule has 0 atom stereocenters. The fraction of sp³-hybridized carbons (Fsp3) is 0.381. The quantitative estimate of drug-likeness (QED) is 0.832. The lowest BCUT2D eigenvalue weighted by Gasteiger charge is -2.22. The van der Waals surface area contributed by atoms with Crippen LogP contribution < -0.4 is 10.2 Å². The molecule has 0 unspecified atom stereocenters. The Morgan fingerprint density at radius 3 is 2.00 bits per heavy atom. The number of anilines is 2. The number of benzene rings is 2. The summed E-state index contributed by atoms with van der Waals surface area (Å²) in [6, 6.07) is 13.8. The zero-order chi connectivity index (χ0) is 20.1. The number of amides is 1. The Morgan fingerprint density at radius 1 is 0.893 bits per heavy atom. The lowest BCUT2D eigenvalue weighted by molar-refractivity contribution is 0.102. The summed E-state index contributed by atoms with van der Waals surface area (Å²) < 4.78 is 25.4. The van der Waals surface area contributed by atoms with Crippen molar-refractivity contribution in [3.05, 3.63) is 54.1 Å². The first-order valence-electron chi connectivity index (χ1n) is 9.57. The minimum Gasteiger partial charge on any atom is -0.372 e. The summed E-state index contributed by atoms with van der Waals surface area (Å²) in [6.07, 6.45) is 5.02. The van der Waals surface area contributed by atoms with E-state index in [0.29, 0.717) is 11.3 Å². The lowest BCUT2D eigenvalue weighted by atomic mass is 10.2. The number of nitrogens with zero attached hydrogens (tertiary/aromatic N) is 2. The highest BCUT2D eigenvalue weighted by Gasteiger charge is 2.17. The van der Waals surface area contributed by atoms with Crippen molar-refractivity contribution in [3.8, 4) is 0 Å². The van der Waals surface area contributed by atoms with Crippen LogP contribution in [0.3, 0.4) is 0 Å². The second-order valence-corrected chi connectivity index (χ2v) is 9.37. The average Bonchev–Trinajstić information content (AvgIpc) is 2.98. The van der Waals surface area contributed by atoms with E-state index >= 15 is 0 Å². The molecule has 28 heavy (non-hydrogen) atoms. The Hall–Kier alpha value is -2.38. The molecule has 0 aromatic heterocycles. The van der Waals surface area contributed by atoms with E-state index in [1.807, 2.05) is 24.3 Å². The van der Waals surface area contributed by atoms with E-state index in [1.54, 1.807) is 0 Å². The van der Waals surface area contributed by atoms with Gasteiger partial charge in [0.05, 0.1) is 4.90 Å². The molecule has 1 fully saturated rings. The van der Waals surface area contributed by atoms with Crippen molar-refractivity contribution in [2.45, 2.75) is 30.6 Å². The Balaban J connectivity index is 1.66. The van der Waals surface area contributed by atoms with Crippen LogP contribution in [0.15, 0.2) is 53.4 Å². The Kier molecular flexibility index (Phi) is 6.36. The Bertz CT molecular complexity index is 899. The maximum atomic E-state index is 12.5. The van der Waals surface area contributed by atoms with Gasteiger partial charge >= 0.3 is 0 Å². The SMILES string of the molecule is CN(C)S(=O)(=O)c1ccc(C(=O)Nc2ccc(N3CCCCCC3)cc2)cc1. The molecule has 1 N–H and O–H groups in total. The minimum absolute atomic E-state index is 0.163. The van der Waals surface area contributed by atoms with Crippen molar-refractivity contribution in [3.63, 3.8) is 0 Å². The molecular weight excluding hydrogens is 374 g/mol. The maximum absolute atomic E-state index is 12.5. The number of nitrogens with one attached hydrogen (secondary N) is 1. The van der Waals surface area contributed by atoms with Gasteiger partial charge in [0, 0.05) is 44.1 Å². The molecule has 150 valence electrons. The number of hydrogen-bond donors (Lipinski definition) is 1. The molecule has 0 bridgehead atoms. The first-order valence-corrected chi connectivity index (χ1v) is 11.0. The van der Waals surface area contributed by atoms with Crippen molar-refractivity contribution >= 4 is 27.3 Å². The third-order valence-corrected chi connectivity index (χ3v) is 6.82. The highest BCUT2D eigenvalue weighted by atomic mass is 32.2. The topological polar surface area (TPSA) is 69.7 Å². The number of carbonyl (C=O) groups excluding carboxylic acids is 1. The van der Waals surface area contributed by atoms with E-state index in [2.05, 4.69) is 10.2 Å².